The molecule has 32 heavy (non-hydrogen) atoms. The largest absolute Gasteiger partial charge is 0.382 e. The Morgan fingerprint density at radius 1 is 1.12 bits per heavy atom. The van der Waals surface area contributed by atoms with E-state index in [1.807, 2.05) is 12.1 Å². The van der Waals surface area contributed by atoms with Crippen molar-refractivity contribution in [3.05, 3.63) is 64.5 Å². The molecule has 1 fully saturated rings. The number of carbonyl (C=O) groups excluding carboxylic acids is 1. The molecule has 0 unspecified atom stereocenters. The van der Waals surface area contributed by atoms with Crippen LogP contribution < -0.4 is 16.0 Å². The number of nitrogens with one attached hydrogen (secondary N) is 1. The molecular formula is C23H25F2N5OS. The quantitative estimate of drug-likeness (QED) is 0.531. The maximum atomic E-state index is 13.5. The van der Waals surface area contributed by atoms with Gasteiger partial charge in [-0.05, 0) is 63.3 Å². The van der Waals surface area contributed by atoms with E-state index >= 15 is 0 Å². The molecule has 3 aromatic rings. The van der Waals surface area contributed by atoms with Gasteiger partial charge in [-0.15, -0.1) is 0 Å². The van der Waals surface area contributed by atoms with Crippen LogP contribution in [0.25, 0.3) is 0 Å². The fraction of sp³-hybridized carbons (Fsp3) is 0.304. The molecule has 168 valence electrons. The van der Waals surface area contributed by atoms with Crippen LogP contribution in [0.2, 0.25) is 0 Å². The van der Waals surface area contributed by atoms with Crippen LogP contribution in [0, 0.1) is 11.6 Å². The van der Waals surface area contributed by atoms with E-state index in [9.17, 15) is 13.6 Å². The molecule has 0 amide bonds. The zero-order valence-corrected chi connectivity index (χ0v) is 18.8. The molecule has 2 aromatic carbocycles. The lowest BCUT2D eigenvalue weighted by atomic mass is 10.0. The van der Waals surface area contributed by atoms with Gasteiger partial charge in [0.25, 0.3) is 0 Å². The van der Waals surface area contributed by atoms with Gasteiger partial charge in [0.1, 0.15) is 22.3 Å². The van der Waals surface area contributed by atoms with Crippen molar-refractivity contribution in [2.24, 2.45) is 0 Å². The van der Waals surface area contributed by atoms with Gasteiger partial charge in [0, 0.05) is 42.1 Å². The summed E-state index contributed by atoms with van der Waals surface area (Å²) in [5.41, 5.74) is 7.77. The van der Waals surface area contributed by atoms with Crippen molar-refractivity contribution in [3.8, 4) is 0 Å². The van der Waals surface area contributed by atoms with E-state index in [0.29, 0.717) is 17.2 Å². The number of thiazole rings is 1. The van der Waals surface area contributed by atoms with Crippen molar-refractivity contribution >= 4 is 39.4 Å². The van der Waals surface area contributed by atoms with E-state index in [4.69, 9.17) is 5.73 Å². The van der Waals surface area contributed by atoms with Gasteiger partial charge in [-0.2, -0.15) is 0 Å². The normalized spacial score (nSPS) is 14.7. The van der Waals surface area contributed by atoms with Crippen molar-refractivity contribution in [1.82, 2.24) is 9.88 Å². The van der Waals surface area contributed by atoms with Gasteiger partial charge in [0.05, 0.1) is 0 Å². The predicted molar refractivity (Wildman–Crippen MR) is 125 cm³/mol. The number of benzene rings is 2. The molecule has 1 aliphatic rings. The second kappa shape index (κ2) is 9.22. The SMILES string of the molecule is CN(C)C1CCN(c2ccc(Nc3nc(N)c(C(=O)c4cc(F)cc(F)c4)s3)cc2)CC1. The number of nitrogens with zero attached hydrogens (tertiary/aromatic N) is 3. The Morgan fingerprint density at radius 2 is 1.75 bits per heavy atom. The van der Waals surface area contributed by atoms with Crippen LogP contribution in [-0.4, -0.2) is 48.9 Å². The molecule has 0 saturated carbocycles. The number of aromatic nitrogens is 1. The number of nitrogens with two attached hydrogens (primary N) is 1. The minimum absolute atomic E-state index is 0.0209. The summed E-state index contributed by atoms with van der Waals surface area (Å²) in [6.45, 7) is 2.04. The molecule has 0 bridgehead atoms. The molecule has 1 aromatic heterocycles. The summed E-state index contributed by atoms with van der Waals surface area (Å²) in [6.07, 6.45) is 2.27. The van der Waals surface area contributed by atoms with E-state index in [2.05, 4.69) is 46.3 Å². The highest BCUT2D eigenvalue weighted by molar-refractivity contribution is 7.18. The van der Waals surface area contributed by atoms with Crippen LogP contribution in [0.5, 0.6) is 0 Å². The highest BCUT2D eigenvalue weighted by Gasteiger charge is 2.21. The van der Waals surface area contributed by atoms with Gasteiger partial charge >= 0.3 is 0 Å². The van der Waals surface area contributed by atoms with Gasteiger partial charge in [0.2, 0.25) is 5.78 Å². The molecule has 3 N–H and O–H groups in total. The van der Waals surface area contributed by atoms with Crippen molar-refractivity contribution in [1.29, 1.82) is 0 Å². The van der Waals surface area contributed by atoms with Gasteiger partial charge in [-0.25, -0.2) is 13.8 Å². The number of halogens is 2. The summed E-state index contributed by atoms with van der Waals surface area (Å²) in [6, 6.07) is 11.3. The minimum Gasteiger partial charge on any atom is -0.382 e. The van der Waals surface area contributed by atoms with Gasteiger partial charge in [0.15, 0.2) is 5.13 Å². The molecular weight excluding hydrogens is 432 g/mol. The fourth-order valence-electron chi connectivity index (χ4n) is 3.88. The van der Waals surface area contributed by atoms with Crippen LogP contribution in [0.1, 0.15) is 28.1 Å². The summed E-state index contributed by atoms with van der Waals surface area (Å²) in [4.78, 5) is 21.6. The number of ketones is 1. The molecule has 1 saturated heterocycles. The third-order valence-corrected chi connectivity index (χ3v) is 6.65. The molecule has 0 spiro atoms. The van der Waals surface area contributed by atoms with E-state index in [1.165, 1.54) is 0 Å². The van der Waals surface area contributed by atoms with Crippen molar-refractivity contribution in [2.45, 2.75) is 18.9 Å². The molecule has 6 nitrogen and oxygen atoms in total. The van der Waals surface area contributed by atoms with E-state index in [1.54, 1.807) is 0 Å². The first kappa shape index (κ1) is 22.2. The molecule has 0 aliphatic carbocycles. The fourth-order valence-corrected chi connectivity index (χ4v) is 4.75. The smallest absolute Gasteiger partial charge is 0.207 e. The van der Waals surface area contributed by atoms with Crippen LogP contribution in [0.3, 0.4) is 0 Å². The van der Waals surface area contributed by atoms with Crippen molar-refractivity contribution in [2.75, 3.05) is 43.1 Å². The lowest BCUT2D eigenvalue weighted by molar-refractivity contribution is 0.104. The summed E-state index contributed by atoms with van der Waals surface area (Å²) < 4.78 is 26.9. The number of piperidine rings is 1. The highest BCUT2D eigenvalue weighted by atomic mass is 32.1. The first-order valence-corrected chi connectivity index (χ1v) is 11.2. The maximum absolute atomic E-state index is 13.5. The first-order valence-electron chi connectivity index (χ1n) is 10.4. The Hall–Kier alpha value is -3.04. The predicted octanol–water partition coefficient (Wildman–Crippen LogP) is 4.51. The van der Waals surface area contributed by atoms with E-state index in [-0.39, 0.29) is 16.3 Å². The summed E-state index contributed by atoms with van der Waals surface area (Å²) >= 11 is 1.05. The number of hydrogen-bond donors (Lipinski definition) is 2. The standard InChI is InChI=1S/C23H25F2N5OS/c1-29(2)18-7-9-30(10-8-18)19-5-3-17(4-6-19)27-23-28-22(26)21(32-23)20(31)14-11-15(24)13-16(25)12-14/h3-6,11-13,18H,7-10,26H2,1-2H3,(H,27,28). The third-order valence-electron chi connectivity index (χ3n) is 5.66. The first-order chi connectivity index (χ1) is 15.3. The third kappa shape index (κ3) is 4.89. The summed E-state index contributed by atoms with van der Waals surface area (Å²) in [7, 11) is 4.25. The highest BCUT2D eigenvalue weighted by Crippen LogP contribution is 2.31. The molecule has 1 aliphatic heterocycles. The maximum Gasteiger partial charge on any atom is 0.207 e. The number of nitrogen functional groups attached to an aromatic ring is 1. The van der Waals surface area contributed by atoms with E-state index in [0.717, 1.165) is 60.8 Å². The molecule has 2 heterocycles. The second-order valence-electron chi connectivity index (χ2n) is 8.07. The average molecular weight is 458 g/mol. The monoisotopic (exact) mass is 457 g/mol. The molecule has 4 rings (SSSR count). The average Bonchev–Trinajstić information content (AvgIpc) is 3.13. The lowest BCUT2D eigenvalue weighted by Gasteiger charge is -2.36. The van der Waals surface area contributed by atoms with Crippen molar-refractivity contribution in [3.63, 3.8) is 0 Å². The topological polar surface area (TPSA) is 74.5 Å². The Balaban J connectivity index is 1.43. The Bertz CT molecular complexity index is 1090. The Labute approximate surface area is 189 Å². The summed E-state index contributed by atoms with van der Waals surface area (Å²) in [5, 5.41) is 3.58. The van der Waals surface area contributed by atoms with Crippen molar-refractivity contribution < 1.29 is 13.6 Å². The van der Waals surface area contributed by atoms with Crippen LogP contribution in [-0.2, 0) is 0 Å². The number of anilines is 4. The lowest BCUT2D eigenvalue weighted by Crippen LogP contribution is -2.41. The minimum atomic E-state index is -0.819. The van der Waals surface area contributed by atoms with Gasteiger partial charge in [-0.3, -0.25) is 4.79 Å². The Kier molecular flexibility index (Phi) is 6.38. The van der Waals surface area contributed by atoms with E-state index < -0.39 is 17.4 Å². The van der Waals surface area contributed by atoms with Gasteiger partial charge in [-0.1, -0.05) is 11.3 Å². The number of rotatable bonds is 6. The second-order valence-corrected chi connectivity index (χ2v) is 9.07. The number of carbonyl (C=O) groups is 1. The Morgan fingerprint density at radius 3 is 2.34 bits per heavy atom. The molecule has 0 atom stereocenters. The van der Waals surface area contributed by atoms with Crippen LogP contribution in [0.15, 0.2) is 42.5 Å². The van der Waals surface area contributed by atoms with Crippen LogP contribution >= 0.6 is 11.3 Å². The molecule has 9 heteroatoms. The zero-order valence-electron chi connectivity index (χ0n) is 17.9. The number of hydrogen-bond acceptors (Lipinski definition) is 7. The molecule has 0 radical (unpaired) electrons. The summed E-state index contributed by atoms with van der Waals surface area (Å²) in [5.74, 6) is -2.18. The van der Waals surface area contributed by atoms with Crippen LogP contribution in [0.4, 0.5) is 31.1 Å². The zero-order chi connectivity index (χ0) is 22.8. The van der Waals surface area contributed by atoms with Gasteiger partial charge < -0.3 is 20.9 Å².